The normalized spacial score (nSPS) is 12.8. The summed E-state index contributed by atoms with van der Waals surface area (Å²) in [5.74, 6) is -1.32. The predicted octanol–water partition coefficient (Wildman–Crippen LogP) is 1.28. The second kappa shape index (κ2) is 7.40. The van der Waals surface area contributed by atoms with Gasteiger partial charge in [0.25, 0.3) is 0 Å². The van der Waals surface area contributed by atoms with Gasteiger partial charge in [-0.15, -0.1) is 0 Å². The first kappa shape index (κ1) is 16.7. The zero-order chi connectivity index (χ0) is 15.2. The van der Waals surface area contributed by atoms with Gasteiger partial charge in [0.1, 0.15) is 0 Å². The van der Waals surface area contributed by atoms with Gasteiger partial charge in [0, 0.05) is 13.1 Å². The Morgan fingerprint density at radius 2 is 1.95 bits per heavy atom. The van der Waals surface area contributed by atoms with Crippen LogP contribution in [0.15, 0.2) is 16.8 Å². The molecule has 0 aliphatic rings. The molecular formula is C14H22N2O3S. The maximum atomic E-state index is 11.5. The summed E-state index contributed by atoms with van der Waals surface area (Å²) >= 11 is 1.54. The fourth-order valence-electron chi connectivity index (χ4n) is 1.49. The Balaban J connectivity index is 2.23. The number of rotatable bonds is 5. The van der Waals surface area contributed by atoms with E-state index in [2.05, 4.69) is 10.6 Å². The Morgan fingerprint density at radius 1 is 1.30 bits per heavy atom. The van der Waals surface area contributed by atoms with E-state index in [1.54, 1.807) is 0 Å². The van der Waals surface area contributed by atoms with Gasteiger partial charge in [0.2, 0.25) is 0 Å². The summed E-state index contributed by atoms with van der Waals surface area (Å²) in [7, 11) is 0. The smallest absolute Gasteiger partial charge is 0.309 e. The molecule has 6 heteroatoms. The number of carbonyl (C=O) groups excluding carboxylic acids is 2. The van der Waals surface area contributed by atoms with Crippen LogP contribution in [0.1, 0.15) is 32.8 Å². The van der Waals surface area contributed by atoms with Crippen LogP contribution in [-0.2, 0) is 16.1 Å². The number of nitrogens with one attached hydrogen (secondary N) is 2. The van der Waals surface area contributed by atoms with E-state index in [1.807, 2.05) is 37.6 Å². The van der Waals surface area contributed by atoms with Crippen LogP contribution in [0.3, 0.4) is 0 Å². The van der Waals surface area contributed by atoms with Gasteiger partial charge in [-0.05, 0) is 34.2 Å². The molecule has 0 aromatic carbocycles. The van der Waals surface area contributed by atoms with Gasteiger partial charge in [0.15, 0.2) is 0 Å². The third kappa shape index (κ3) is 5.71. The maximum absolute atomic E-state index is 11.5. The summed E-state index contributed by atoms with van der Waals surface area (Å²) in [5.41, 5.74) is 0.741. The number of aliphatic hydroxyl groups excluding tert-OH is 1. The number of hydrogen-bond acceptors (Lipinski definition) is 4. The highest BCUT2D eigenvalue weighted by Gasteiger charge is 2.22. The number of thiophene rings is 1. The molecule has 0 bridgehead atoms. The van der Waals surface area contributed by atoms with E-state index >= 15 is 0 Å². The molecule has 3 N–H and O–H groups in total. The lowest BCUT2D eigenvalue weighted by molar-refractivity contribution is -0.139. The van der Waals surface area contributed by atoms with Crippen molar-refractivity contribution in [2.75, 3.05) is 6.54 Å². The first-order valence-corrected chi connectivity index (χ1v) is 7.50. The minimum atomic E-state index is -0.665. The standard InChI is InChI=1S/C14H22N2O3S/c1-14(2,3)11(17)4-6-15-12(18)13(19)16-8-10-5-7-20-9-10/h5,7,9,11,17H,4,6,8H2,1-3H3,(H,15,18)(H,16,19). The molecule has 1 rings (SSSR count). The SMILES string of the molecule is CC(C)(C)C(O)CCNC(=O)C(=O)NCc1ccsc1. The van der Waals surface area contributed by atoms with Crippen LogP contribution in [0.5, 0.6) is 0 Å². The molecule has 1 aromatic heterocycles. The molecule has 5 nitrogen and oxygen atoms in total. The van der Waals surface area contributed by atoms with Crippen LogP contribution in [0, 0.1) is 5.41 Å². The number of aliphatic hydroxyl groups is 1. The summed E-state index contributed by atoms with van der Waals surface area (Å²) < 4.78 is 0. The summed E-state index contributed by atoms with van der Waals surface area (Å²) in [6.07, 6.45) is -0.0933. The predicted molar refractivity (Wildman–Crippen MR) is 79.3 cm³/mol. The zero-order valence-electron chi connectivity index (χ0n) is 12.1. The van der Waals surface area contributed by atoms with Crippen molar-refractivity contribution >= 4 is 23.2 Å². The van der Waals surface area contributed by atoms with Gasteiger partial charge in [0.05, 0.1) is 6.10 Å². The zero-order valence-corrected chi connectivity index (χ0v) is 12.9. The topological polar surface area (TPSA) is 78.4 Å². The minimum Gasteiger partial charge on any atom is -0.393 e. The summed E-state index contributed by atoms with van der Waals surface area (Å²) in [6, 6.07) is 1.89. The average molecular weight is 298 g/mol. The van der Waals surface area contributed by atoms with Crippen LogP contribution < -0.4 is 10.6 Å². The van der Waals surface area contributed by atoms with Crippen LogP contribution in [-0.4, -0.2) is 29.6 Å². The van der Waals surface area contributed by atoms with Crippen molar-refractivity contribution in [1.82, 2.24) is 10.6 Å². The third-order valence-electron chi connectivity index (χ3n) is 2.94. The molecule has 0 radical (unpaired) electrons. The van der Waals surface area contributed by atoms with Crippen molar-refractivity contribution in [3.63, 3.8) is 0 Å². The quantitative estimate of drug-likeness (QED) is 0.717. The molecule has 2 amide bonds. The van der Waals surface area contributed by atoms with Gasteiger partial charge in [-0.1, -0.05) is 20.8 Å². The second-order valence-electron chi connectivity index (χ2n) is 5.74. The summed E-state index contributed by atoms with van der Waals surface area (Å²) in [5, 5.41) is 18.7. The lowest BCUT2D eigenvalue weighted by Gasteiger charge is -2.25. The number of hydrogen-bond donors (Lipinski definition) is 3. The van der Waals surface area contributed by atoms with E-state index in [0.717, 1.165) is 5.56 Å². The fourth-order valence-corrected chi connectivity index (χ4v) is 2.16. The van der Waals surface area contributed by atoms with Gasteiger partial charge < -0.3 is 15.7 Å². The van der Waals surface area contributed by atoms with Crippen molar-refractivity contribution in [3.05, 3.63) is 22.4 Å². The highest BCUT2D eigenvalue weighted by atomic mass is 32.1. The molecule has 1 aromatic rings. The first-order valence-electron chi connectivity index (χ1n) is 6.56. The monoisotopic (exact) mass is 298 g/mol. The molecule has 1 heterocycles. The number of carbonyl (C=O) groups is 2. The van der Waals surface area contributed by atoms with Crippen molar-refractivity contribution in [3.8, 4) is 0 Å². The molecule has 1 atom stereocenters. The molecule has 112 valence electrons. The summed E-state index contributed by atoms with van der Waals surface area (Å²) in [4.78, 5) is 23.1. The van der Waals surface area contributed by atoms with E-state index in [0.29, 0.717) is 13.0 Å². The van der Waals surface area contributed by atoms with Gasteiger partial charge >= 0.3 is 11.8 Å². The Bertz CT molecular complexity index is 438. The van der Waals surface area contributed by atoms with Gasteiger partial charge in [-0.2, -0.15) is 11.3 Å². The fraction of sp³-hybridized carbons (Fsp3) is 0.571. The maximum Gasteiger partial charge on any atom is 0.309 e. The third-order valence-corrected chi connectivity index (χ3v) is 3.67. The number of amides is 2. The van der Waals surface area contributed by atoms with Crippen molar-refractivity contribution in [2.24, 2.45) is 5.41 Å². The molecule has 0 spiro atoms. The van der Waals surface area contributed by atoms with Crippen LogP contribution in [0.4, 0.5) is 0 Å². The first-order chi connectivity index (χ1) is 9.30. The largest absolute Gasteiger partial charge is 0.393 e. The van der Waals surface area contributed by atoms with Crippen molar-refractivity contribution in [1.29, 1.82) is 0 Å². The molecular weight excluding hydrogens is 276 g/mol. The lowest BCUT2D eigenvalue weighted by atomic mass is 9.87. The van der Waals surface area contributed by atoms with Crippen LogP contribution >= 0.6 is 11.3 Å². The molecule has 0 fully saturated rings. The van der Waals surface area contributed by atoms with E-state index in [4.69, 9.17) is 0 Å². The summed E-state index contributed by atoms with van der Waals surface area (Å²) in [6.45, 7) is 6.40. The van der Waals surface area contributed by atoms with E-state index in [9.17, 15) is 14.7 Å². The van der Waals surface area contributed by atoms with E-state index in [-0.39, 0.29) is 12.0 Å². The van der Waals surface area contributed by atoms with E-state index < -0.39 is 17.9 Å². The Hall–Kier alpha value is -1.40. The molecule has 0 saturated carbocycles. The van der Waals surface area contributed by atoms with E-state index in [1.165, 1.54) is 11.3 Å². The Kier molecular flexibility index (Phi) is 6.16. The second-order valence-corrected chi connectivity index (χ2v) is 6.52. The molecule has 0 saturated heterocycles. The molecule has 1 unspecified atom stereocenters. The highest BCUT2D eigenvalue weighted by Crippen LogP contribution is 2.20. The van der Waals surface area contributed by atoms with Crippen LogP contribution in [0.2, 0.25) is 0 Å². The van der Waals surface area contributed by atoms with Crippen LogP contribution in [0.25, 0.3) is 0 Å². The highest BCUT2D eigenvalue weighted by molar-refractivity contribution is 7.07. The lowest BCUT2D eigenvalue weighted by Crippen LogP contribution is -2.41. The molecule has 0 aliphatic carbocycles. The molecule has 0 aliphatic heterocycles. The van der Waals surface area contributed by atoms with Crippen molar-refractivity contribution in [2.45, 2.75) is 39.8 Å². The Morgan fingerprint density at radius 3 is 2.50 bits per heavy atom. The molecule has 20 heavy (non-hydrogen) atoms. The average Bonchev–Trinajstić information content (AvgIpc) is 2.87. The Labute approximate surface area is 123 Å². The minimum absolute atomic E-state index is 0.230. The van der Waals surface area contributed by atoms with Gasteiger partial charge in [-0.25, -0.2) is 0 Å². The van der Waals surface area contributed by atoms with Crippen molar-refractivity contribution < 1.29 is 14.7 Å². The van der Waals surface area contributed by atoms with Gasteiger partial charge in [-0.3, -0.25) is 9.59 Å².